The van der Waals surface area contributed by atoms with Crippen LogP contribution in [0.3, 0.4) is 0 Å². The number of anilines is 1. The molecule has 2 aromatic carbocycles. The molecular weight excluding hydrogens is 274 g/mol. The van der Waals surface area contributed by atoms with Crippen LogP contribution < -0.4 is 4.90 Å². The summed E-state index contributed by atoms with van der Waals surface area (Å²) in [6.45, 7) is 3.80. The summed E-state index contributed by atoms with van der Waals surface area (Å²) in [6.07, 6.45) is 2.00. The highest BCUT2D eigenvalue weighted by Gasteiger charge is 2.26. The van der Waals surface area contributed by atoms with Gasteiger partial charge in [-0.1, -0.05) is 30.3 Å². The molecule has 1 aliphatic heterocycles. The number of aryl methyl sites for hydroxylation is 1. The van der Waals surface area contributed by atoms with Crippen molar-refractivity contribution in [3.05, 3.63) is 53.6 Å². The molecule has 0 radical (unpaired) electrons. The molecule has 2 aromatic rings. The predicted molar refractivity (Wildman–Crippen MR) is 88.7 cm³/mol. The highest BCUT2D eigenvalue weighted by molar-refractivity contribution is 5.94. The topological polar surface area (TPSA) is 40.5 Å². The van der Waals surface area contributed by atoms with Crippen molar-refractivity contribution in [3.63, 3.8) is 0 Å². The molecule has 3 nitrogen and oxygen atoms in total. The second-order valence-corrected chi connectivity index (χ2v) is 5.98. The molecule has 1 aliphatic rings. The molecular formula is C19H21NO2. The zero-order chi connectivity index (χ0) is 15.7. The number of benzene rings is 2. The van der Waals surface area contributed by atoms with Gasteiger partial charge in [-0.05, 0) is 54.2 Å². The third kappa shape index (κ3) is 2.64. The van der Waals surface area contributed by atoms with E-state index in [0.717, 1.165) is 35.2 Å². The van der Waals surface area contributed by atoms with Crippen molar-refractivity contribution in [1.82, 2.24) is 0 Å². The largest absolute Gasteiger partial charge is 0.392 e. The fraction of sp³-hybridized carbons (Fsp3) is 0.316. The van der Waals surface area contributed by atoms with E-state index in [2.05, 4.69) is 25.1 Å². The molecule has 114 valence electrons. The lowest BCUT2D eigenvalue weighted by molar-refractivity contribution is -0.117. The quantitative estimate of drug-likeness (QED) is 0.920. The van der Waals surface area contributed by atoms with E-state index in [1.807, 2.05) is 29.2 Å². The summed E-state index contributed by atoms with van der Waals surface area (Å²) >= 11 is 0. The SMILES string of the molecule is CC(=O)N1c2ccc(-c3ccc(CO)cc3)cc2CC[C@@H]1C. The number of carbonyl (C=O) groups excluding carboxylic acids is 1. The van der Waals surface area contributed by atoms with Crippen LogP contribution >= 0.6 is 0 Å². The second-order valence-electron chi connectivity index (χ2n) is 5.98. The fourth-order valence-corrected chi connectivity index (χ4v) is 3.21. The predicted octanol–water partition coefficient (Wildman–Crippen LogP) is 3.53. The van der Waals surface area contributed by atoms with E-state index in [0.29, 0.717) is 0 Å². The number of rotatable bonds is 2. The van der Waals surface area contributed by atoms with Crippen LogP contribution in [-0.2, 0) is 17.8 Å². The number of aliphatic hydroxyl groups excluding tert-OH is 1. The van der Waals surface area contributed by atoms with Gasteiger partial charge in [0.1, 0.15) is 0 Å². The summed E-state index contributed by atoms with van der Waals surface area (Å²) in [7, 11) is 0. The van der Waals surface area contributed by atoms with Crippen LogP contribution in [0.4, 0.5) is 5.69 Å². The van der Waals surface area contributed by atoms with Gasteiger partial charge < -0.3 is 10.0 Å². The molecule has 1 amide bonds. The Kier molecular flexibility index (Phi) is 3.99. The Morgan fingerprint density at radius 3 is 2.50 bits per heavy atom. The van der Waals surface area contributed by atoms with Crippen molar-refractivity contribution in [3.8, 4) is 11.1 Å². The van der Waals surface area contributed by atoms with Crippen LogP contribution in [0.2, 0.25) is 0 Å². The number of nitrogens with zero attached hydrogens (tertiary/aromatic N) is 1. The number of amides is 1. The minimum Gasteiger partial charge on any atom is -0.392 e. The van der Waals surface area contributed by atoms with E-state index in [1.54, 1.807) is 6.92 Å². The lowest BCUT2D eigenvalue weighted by atomic mass is 9.93. The molecule has 3 rings (SSSR count). The number of hydrogen-bond acceptors (Lipinski definition) is 2. The van der Waals surface area contributed by atoms with Crippen LogP contribution in [0.1, 0.15) is 31.4 Å². The van der Waals surface area contributed by atoms with Crippen LogP contribution in [0.25, 0.3) is 11.1 Å². The zero-order valence-electron chi connectivity index (χ0n) is 13.0. The Morgan fingerprint density at radius 2 is 1.86 bits per heavy atom. The number of fused-ring (bicyclic) bond motifs is 1. The molecule has 0 spiro atoms. The molecule has 1 heterocycles. The first-order chi connectivity index (χ1) is 10.6. The molecule has 0 aromatic heterocycles. The number of carbonyl (C=O) groups is 1. The van der Waals surface area contributed by atoms with E-state index in [-0.39, 0.29) is 18.6 Å². The Bertz CT molecular complexity index is 691. The molecule has 22 heavy (non-hydrogen) atoms. The summed E-state index contributed by atoms with van der Waals surface area (Å²) < 4.78 is 0. The normalized spacial score (nSPS) is 17.2. The first kappa shape index (κ1) is 14.8. The molecule has 3 heteroatoms. The minimum absolute atomic E-state index is 0.0654. The third-order valence-electron chi connectivity index (χ3n) is 4.42. The molecule has 0 unspecified atom stereocenters. The lowest BCUT2D eigenvalue weighted by Crippen LogP contribution is -2.40. The van der Waals surface area contributed by atoms with Crippen molar-refractivity contribution >= 4 is 11.6 Å². The summed E-state index contributed by atoms with van der Waals surface area (Å²) in [5.74, 6) is 0.105. The second kappa shape index (κ2) is 5.93. The average molecular weight is 295 g/mol. The van der Waals surface area contributed by atoms with E-state index in [1.165, 1.54) is 5.56 Å². The molecule has 0 bridgehead atoms. The zero-order valence-corrected chi connectivity index (χ0v) is 13.0. The van der Waals surface area contributed by atoms with Crippen LogP contribution in [-0.4, -0.2) is 17.1 Å². The van der Waals surface area contributed by atoms with Gasteiger partial charge in [0.05, 0.1) is 6.61 Å². The summed E-state index contributed by atoms with van der Waals surface area (Å²) in [5, 5.41) is 9.13. The minimum atomic E-state index is 0.0654. The molecule has 0 saturated heterocycles. The van der Waals surface area contributed by atoms with Crippen LogP contribution in [0.15, 0.2) is 42.5 Å². The monoisotopic (exact) mass is 295 g/mol. The van der Waals surface area contributed by atoms with Gasteiger partial charge in [0, 0.05) is 18.7 Å². The van der Waals surface area contributed by atoms with Crippen LogP contribution in [0, 0.1) is 0 Å². The van der Waals surface area contributed by atoms with Gasteiger partial charge in [-0.3, -0.25) is 4.79 Å². The van der Waals surface area contributed by atoms with Gasteiger partial charge in [-0.25, -0.2) is 0 Å². The van der Waals surface area contributed by atoms with Gasteiger partial charge in [0.15, 0.2) is 0 Å². The lowest BCUT2D eigenvalue weighted by Gasteiger charge is -2.34. The molecule has 1 N–H and O–H groups in total. The van der Waals surface area contributed by atoms with E-state index in [9.17, 15) is 4.79 Å². The van der Waals surface area contributed by atoms with E-state index < -0.39 is 0 Å². The van der Waals surface area contributed by atoms with Crippen molar-refractivity contribution in [2.45, 2.75) is 39.3 Å². The maximum absolute atomic E-state index is 11.9. The Hall–Kier alpha value is -2.13. The van der Waals surface area contributed by atoms with Gasteiger partial charge in [0.2, 0.25) is 5.91 Å². The molecule has 0 fully saturated rings. The Balaban J connectivity index is 1.98. The number of hydrogen-bond donors (Lipinski definition) is 1. The first-order valence-corrected chi connectivity index (χ1v) is 7.73. The van der Waals surface area contributed by atoms with Crippen molar-refractivity contribution < 1.29 is 9.90 Å². The summed E-state index contributed by atoms with van der Waals surface area (Å²) in [6, 6.07) is 14.5. The van der Waals surface area contributed by atoms with Gasteiger partial charge in [0.25, 0.3) is 0 Å². The Morgan fingerprint density at radius 1 is 1.18 bits per heavy atom. The molecule has 0 saturated carbocycles. The maximum atomic E-state index is 11.9. The average Bonchev–Trinajstić information content (AvgIpc) is 2.54. The fourth-order valence-electron chi connectivity index (χ4n) is 3.21. The third-order valence-corrected chi connectivity index (χ3v) is 4.42. The van der Waals surface area contributed by atoms with Gasteiger partial charge in [-0.2, -0.15) is 0 Å². The van der Waals surface area contributed by atoms with E-state index in [4.69, 9.17) is 5.11 Å². The summed E-state index contributed by atoms with van der Waals surface area (Å²) in [4.78, 5) is 13.8. The Labute approximate surface area is 131 Å². The van der Waals surface area contributed by atoms with E-state index >= 15 is 0 Å². The molecule has 1 atom stereocenters. The smallest absolute Gasteiger partial charge is 0.224 e. The van der Waals surface area contributed by atoms with Crippen LogP contribution in [0.5, 0.6) is 0 Å². The number of aliphatic hydroxyl groups is 1. The van der Waals surface area contributed by atoms with Crippen molar-refractivity contribution in [2.75, 3.05) is 4.90 Å². The summed E-state index contributed by atoms with van der Waals surface area (Å²) in [5.41, 5.74) is 5.48. The molecule has 0 aliphatic carbocycles. The highest BCUT2D eigenvalue weighted by atomic mass is 16.3. The van der Waals surface area contributed by atoms with Gasteiger partial charge in [-0.15, -0.1) is 0 Å². The van der Waals surface area contributed by atoms with Crippen molar-refractivity contribution in [1.29, 1.82) is 0 Å². The van der Waals surface area contributed by atoms with Gasteiger partial charge >= 0.3 is 0 Å². The maximum Gasteiger partial charge on any atom is 0.224 e. The van der Waals surface area contributed by atoms with Crippen molar-refractivity contribution in [2.24, 2.45) is 0 Å². The highest BCUT2D eigenvalue weighted by Crippen LogP contribution is 2.34. The standard InChI is InChI=1S/C19H21NO2/c1-13-3-6-18-11-17(9-10-19(18)20(13)14(2)22)16-7-4-15(12-21)5-8-16/h4-5,7-11,13,21H,3,6,12H2,1-2H3/t13-/m0/s1. The first-order valence-electron chi connectivity index (χ1n) is 7.73.